The van der Waals surface area contributed by atoms with Gasteiger partial charge in [-0.15, -0.1) is 5.10 Å². The summed E-state index contributed by atoms with van der Waals surface area (Å²) < 4.78 is 62.5. The molecule has 196 valence electrons. The number of rotatable bonds is 12. The number of hydrogen-bond acceptors (Lipinski definition) is 8. The van der Waals surface area contributed by atoms with Crippen LogP contribution in [-0.2, 0) is 10.0 Å². The molecule has 4 rings (SSSR count). The summed E-state index contributed by atoms with van der Waals surface area (Å²) in [5.74, 6) is 0.316. The van der Waals surface area contributed by atoms with Crippen LogP contribution in [0.3, 0.4) is 0 Å². The number of nitrogens with two attached hydrogens (primary N) is 1. The van der Waals surface area contributed by atoms with E-state index < -0.39 is 22.7 Å². The van der Waals surface area contributed by atoms with Gasteiger partial charge in [-0.2, -0.15) is 8.78 Å². The predicted molar refractivity (Wildman–Crippen MR) is 134 cm³/mol. The average Bonchev–Trinajstić information content (AvgIpc) is 3.25. The summed E-state index contributed by atoms with van der Waals surface area (Å²) in [6.07, 6.45) is -0.897. The number of aromatic nitrogens is 2. The second kappa shape index (κ2) is 11.4. The number of nitrogen functional groups attached to an aromatic ring is 1. The molecule has 0 radical (unpaired) electrons. The first kappa shape index (κ1) is 26.1. The van der Waals surface area contributed by atoms with Crippen molar-refractivity contribution in [3.05, 3.63) is 72.3 Å². The third kappa shape index (κ3) is 6.84. The van der Waals surface area contributed by atoms with Gasteiger partial charge in [0.1, 0.15) is 12.4 Å². The van der Waals surface area contributed by atoms with Crippen molar-refractivity contribution in [1.29, 1.82) is 0 Å². The van der Waals surface area contributed by atoms with Crippen LogP contribution in [0.4, 0.5) is 20.2 Å². The van der Waals surface area contributed by atoms with Crippen LogP contribution in [0.25, 0.3) is 10.9 Å². The lowest BCUT2D eigenvalue weighted by atomic mass is 10.1. The number of nitrogens with zero attached hydrogens (tertiary/aromatic N) is 1. The Balaban J connectivity index is 1.26. The van der Waals surface area contributed by atoms with E-state index in [0.29, 0.717) is 40.1 Å². The lowest BCUT2D eigenvalue weighted by molar-refractivity contribution is -0.0518. The molecule has 0 aliphatic carbocycles. The van der Waals surface area contributed by atoms with E-state index in [1.165, 1.54) is 12.1 Å². The molecule has 0 saturated heterocycles. The van der Waals surface area contributed by atoms with Crippen molar-refractivity contribution in [1.82, 2.24) is 15.5 Å². The lowest BCUT2D eigenvalue weighted by Gasteiger charge is -2.15. The molecule has 37 heavy (non-hydrogen) atoms. The van der Waals surface area contributed by atoms with Gasteiger partial charge in [-0.25, -0.2) is 8.42 Å². The molecule has 0 aliphatic heterocycles. The summed E-state index contributed by atoms with van der Waals surface area (Å²) in [6.45, 7) is -2.10. The normalized spacial score (nSPS) is 12.5. The molecule has 1 heterocycles. The van der Waals surface area contributed by atoms with Gasteiger partial charge in [0.2, 0.25) is 5.88 Å². The lowest BCUT2D eigenvalue weighted by Crippen LogP contribution is -2.26. The minimum Gasteiger partial charge on any atom is -0.492 e. The zero-order valence-corrected chi connectivity index (χ0v) is 20.2. The first-order chi connectivity index (χ1) is 17.7. The first-order valence-corrected chi connectivity index (χ1v) is 12.6. The fraction of sp³-hybridized carbons (Fsp3) is 0.208. The van der Waals surface area contributed by atoms with Crippen LogP contribution >= 0.6 is 0 Å². The predicted octanol–water partition coefficient (Wildman–Crippen LogP) is 3.25. The van der Waals surface area contributed by atoms with Gasteiger partial charge >= 0.3 is 6.61 Å². The zero-order valence-electron chi connectivity index (χ0n) is 19.4. The molecular weight excluding hydrogens is 508 g/mol. The zero-order chi connectivity index (χ0) is 26.4. The second-order valence-electron chi connectivity index (χ2n) is 7.99. The molecule has 0 saturated carbocycles. The number of alkyl halides is 2. The smallest absolute Gasteiger partial charge is 0.388 e. The maximum Gasteiger partial charge on any atom is 0.388 e. The Morgan fingerprint density at radius 1 is 1.08 bits per heavy atom. The molecule has 0 fully saturated rings. The highest BCUT2D eigenvalue weighted by atomic mass is 32.2. The molecule has 10 nitrogen and oxygen atoms in total. The fourth-order valence-electron chi connectivity index (χ4n) is 3.54. The summed E-state index contributed by atoms with van der Waals surface area (Å²) in [7, 11) is -3.84. The summed E-state index contributed by atoms with van der Waals surface area (Å²) in [5, 5.41) is 20.3. The van der Waals surface area contributed by atoms with Crippen molar-refractivity contribution in [3.63, 3.8) is 0 Å². The van der Waals surface area contributed by atoms with Crippen LogP contribution < -0.4 is 25.2 Å². The third-order valence-corrected chi connectivity index (χ3v) is 6.66. The molecule has 1 unspecified atom stereocenters. The van der Waals surface area contributed by atoms with E-state index in [1.807, 2.05) is 0 Å². The highest BCUT2D eigenvalue weighted by Crippen LogP contribution is 2.27. The maximum atomic E-state index is 12.6. The Kier molecular flexibility index (Phi) is 8.06. The van der Waals surface area contributed by atoms with Gasteiger partial charge < -0.3 is 25.6 Å². The number of benzene rings is 3. The van der Waals surface area contributed by atoms with E-state index >= 15 is 0 Å². The molecule has 0 bridgehead atoms. The number of halogens is 2. The molecule has 4 aromatic rings. The molecular formula is C24H25F2N5O5S. The van der Waals surface area contributed by atoms with Crippen molar-refractivity contribution < 1.29 is 31.8 Å². The van der Waals surface area contributed by atoms with E-state index in [9.17, 15) is 22.3 Å². The van der Waals surface area contributed by atoms with Crippen LogP contribution in [0.5, 0.6) is 11.6 Å². The van der Waals surface area contributed by atoms with Gasteiger partial charge in [0.15, 0.2) is 0 Å². The monoisotopic (exact) mass is 533 g/mol. The van der Waals surface area contributed by atoms with Crippen LogP contribution in [-0.4, -0.2) is 50.0 Å². The highest BCUT2D eigenvalue weighted by molar-refractivity contribution is 7.92. The third-order valence-electron chi connectivity index (χ3n) is 5.28. The fourth-order valence-corrected chi connectivity index (χ4v) is 4.64. The molecule has 1 atom stereocenters. The number of aliphatic hydroxyl groups excluding tert-OH is 1. The Morgan fingerprint density at radius 2 is 1.89 bits per heavy atom. The molecule has 0 amide bonds. The maximum absolute atomic E-state index is 12.6. The van der Waals surface area contributed by atoms with Crippen LogP contribution in [0.15, 0.2) is 71.6 Å². The van der Waals surface area contributed by atoms with Gasteiger partial charge in [-0.3, -0.25) is 9.82 Å². The molecule has 0 spiro atoms. The summed E-state index contributed by atoms with van der Waals surface area (Å²) >= 11 is 0. The van der Waals surface area contributed by atoms with Gasteiger partial charge in [0.25, 0.3) is 10.0 Å². The number of ether oxygens (including phenoxy) is 2. The van der Waals surface area contributed by atoms with Crippen LogP contribution in [0, 0.1) is 0 Å². The summed E-state index contributed by atoms with van der Waals surface area (Å²) in [6, 6.07) is 17.2. The molecule has 13 heteroatoms. The Hall–Kier alpha value is -3.94. The molecule has 0 aliphatic rings. The van der Waals surface area contributed by atoms with E-state index in [-0.39, 0.29) is 23.9 Å². The van der Waals surface area contributed by atoms with E-state index in [4.69, 9.17) is 10.5 Å². The number of aromatic amines is 1. The van der Waals surface area contributed by atoms with Crippen molar-refractivity contribution in [3.8, 4) is 11.6 Å². The summed E-state index contributed by atoms with van der Waals surface area (Å²) in [4.78, 5) is 0.0359. The molecule has 6 N–H and O–H groups in total. The first-order valence-electron chi connectivity index (χ1n) is 11.1. The quantitative estimate of drug-likeness (QED) is 0.138. The van der Waals surface area contributed by atoms with Gasteiger partial charge in [0.05, 0.1) is 21.9 Å². The van der Waals surface area contributed by atoms with E-state index in [1.54, 1.807) is 54.6 Å². The van der Waals surface area contributed by atoms with Crippen molar-refractivity contribution >= 4 is 32.3 Å². The molecule has 3 aromatic carbocycles. The van der Waals surface area contributed by atoms with E-state index in [0.717, 1.165) is 0 Å². The van der Waals surface area contributed by atoms with Gasteiger partial charge in [-0.1, -0.05) is 18.2 Å². The Morgan fingerprint density at radius 3 is 2.68 bits per heavy atom. The number of nitrogens with one attached hydrogen (secondary N) is 3. The van der Waals surface area contributed by atoms with Crippen molar-refractivity contribution in [2.45, 2.75) is 17.6 Å². The number of aliphatic hydroxyl groups is 1. The summed E-state index contributed by atoms with van der Waals surface area (Å²) in [5.41, 5.74) is 7.32. The topological polar surface area (TPSA) is 152 Å². The van der Waals surface area contributed by atoms with Crippen LogP contribution in [0.2, 0.25) is 0 Å². The Bertz CT molecular complexity index is 1460. The highest BCUT2D eigenvalue weighted by Gasteiger charge is 2.16. The minimum absolute atomic E-state index is 0.0359. The number of fused-ring (bicyclic) bond motifs is 1. The van der Waals surface area contributed by atoms with Crippen molar-refractivity contribution in [2.24, 2.45) is 0 Å². The number of H-pyrrole nitrogens is 1. The SMILES string of the molecule is Nc1cccc(S(=O)(=O)Nc2cccc(C(O)CNCCOc3ccc4c(OC(F)F)n[nH]c4c3)c2)c1. The van der Waals surface area contributed by atoms with Gasteiger partial charge in [-0.05, 0) is 48.0 Å². The number of anilines is 2. The largest absolute Gasteiger partial charge is 0.492 e. The van der Waals surface area contributed by atoms with E-state index in [2.05, 4.69) is 25.0 Å². The van der Waals surface area contributed by atoms with Gasteiger partial charge in [0, 0.05) is 30.5 Å². The second-order valence-corrected chi connectivity index (χ2v) is 9.67. The standard InChI is InChI=1S/C24H25F2N5O5S/c25-24(26)36-23-20-8-7-18(13-21(20)29-30-23)35-10-9-28-14-22(32)15-3-1-5-17(11-15)31-37(33,34)19-6-2-4-16(27)12-19/h1-8,11-13,22,24,28,31-32H,9-10,14,27H2,(H,29,30). The number of sulfonamides is 1. The molecule has 1 aromatic heterocycles. The van der Waals surface area contributed by atoms with Crippen LogP contribution in [0.1, 0.15) is 11.7 Å². The minimum atomic E-state index is -3.84. The average molecular weight is 534 g/mol. The number of hydrogen-bond donors (Lipinski definition) is 5. The van der Waals surface area contributed by atoms with Crippen molar-refractivity contribution in [2.75, 3.05) is 30.2 Å². The Labute approximate surface area is 211 Å².